The van der Waals surface area contributed by atoms with Gasteiger partial charge in [-0.25, -0.2) is 31.6 Å². The van der Waals surface area contributed by atoms with Gasteiger partial charge >= 0.3 is 0 Å². The van der Waals surface area contributed by atoms with E-state index in [9.17, 15) is 21.6 Å². The zero-order chi connectivity index (χ0) is 21.5. The molecule has 2 aromatic carbocycles. The SMILES string of the molecule is Cn1cc(S(=O)(=O)Nc2nc3ccccc3nc2Nc2ccc(F)c(F)c2F)cn1. The number of benzene rings is 2. The molecule has 0 aliphatic heterocycles. The molecule has 154 valence electrons. The van der Waals surface area contributed by atoms with E-state index < -0.39 is 33.2 Å². The number of hydrogen-bond acceptors (Lipinski definition) is 6. The minimum atomic E-state index is -4.10. The normalized spacial score (nSPS) is 11.6. The summed E-state index contributed by atoms with van der Waals surface area (Å²) in [7, 11) is -2.56. The summed E-state index contributed by atoms with van der Waals surface area (Å²) < 4.78 is 69.9. The maximum absolute atomic E-state index is 14.1. The van der Waals surface area contributed by atoms with E-state index >= 15 is 0 Å². The van der Waals surface area contributed by atoms with E-state index in [1.165, 1.54) is 10.9 Å². The Hall–Kier alpha value is -3.67. The smallest absolute Gasteiger partial charge is 0.266 e. The number of para-hydroxylation sites is 2. The monoisotopic (exact) mass is 434 g/mol. The lowest BCUT2D eigenvalue weighted by Gasteiger charge is -2.14. The van der Waals surface area contributed by atoms with Crippen molar-refractivity contribution in [1.82, 2.24) is 19.7 Å². The molecule has 0 saturated heterocycles. The highest BCUT2D eigenvalue weighted by molar-refractivity contribution is 7.92. The first-order valence-corrected chi connectivity index (χ1v) is 9.92. The van der Waals surface area contributed by atoms with Gasteiger partial charge in [-0.1, -0.05) is 12.1 Å². The van der Waals surface area contributed by atoms with Gasteiger partial charge in [0.1, 0.15) is 4.90 Å². The van der Waals surface area contributed by atoms with Gasteiger partial charge in [0, 0.05) is 13.2 Å². The van der Waals surface area contributed by atoms with E-state index in [2.05, 4.69) is 25.1 Å². The van der Waals surface area contributed by atoms with Crippen molar-refractivity contribution >= 4 is 38.4 Å². The number of anilines is 3. The molecule has 0 bridgehead atoms. The number of hydrogen-bond donors (Lipinski definition) is 2. The molecule has 4 aromatic rings. The molecule has 0 amide bonds. The summed E-state index contributed by atoms with van der Waals surface area (Å²) in [5, 5.41) is 6.29. The molecular weight excluding hydrogens is 421 g/mol. The van der Waals surface area contributed by atoms with E-state index in [0.29, 0.717) is 11.0 Å². The van der Waals surface area contributed by atoms with E-state index in [4.69, 9.17) is 0 Å². The molecular formula is C18H13F3N6O2S. The van der Waals surface area contributed by atoms with Gasteiger partial charge in [0.15, 0.2) is 29.1 Å². The molecule has 0 fully saturated rings. The number of halogens is 3. The van der Waals surface area contributed by atoms with Crippen molar-refractivity contribution < 1.29 is 21.6 Å². The van der Waals surface area contributed by atoms with Crippen LogP contribution in [0.5, 0.6) is 0 Å². The van der Waals surface area contributed by atoms with E-state index in [1.54, 1.807) is 31.3 Å². The Morgan fingerprint density at radius 3 is 2.23 bits per heavy atom. The number of rotatable bonds is 5. The number of aromatic nitrogens is 4. The van der Waals surface area contributed by atoms with E-state index in [0.717, 1.165) is 18.3 Å². The summed E-state index contributed by atoms with van der Waals surface area (Å²) in [5.41, 5.74) is 0.283. The van der Waals surface area contributed by atoms with Crippen LogP contribution in [-0.2, 0) is 17.1 Å². The lowest BCUT2D eigenvalue weighted by molar-refractivity contribution is 0.449. The topological polar surface area (TPSA) is 102 Å². The van der Waals surface area contributed by atoms with Crippen molar-refractivity contribution in [3.8, 4) is 0 Å². The molecule has 4 rings (SSSR count). The van der Waals surface area contributed by atoms with Crippen LogP contribution in [0.4, 0.5) is 30.5 Å². The van der Waals surface area contributed by atoms with Crippen LogP contribution in [0.15, 0.2) is 53.7 Å². The highest BCUT2D eigenvalue weighted by Crippen LogP contribution is 2.29. The summed E-state index contributed by atoms with van der Waals surface area (Å²) in [6, 6.07) is 8.26. The number of fused-ring (bicyclic) bond motifs is 1. The fourth-order valence-corrected chi connectivity index (χ4v) is 3.62. The molecule has 0 radical (unpaired) electrons. The zero-order valence-corrected chi connectivity index (χ0v) is 16.1. The molecule has 2 heterocycles. The first-order chi connectivity index (χ1) is 14.2. The number of nitrogens with zero attached hydrogens (tertiary/aromatic N) is 4. The third kappa shape index (κ3) is 3.64. The minimum Gasteiger partial charge on any atom is -0.335 e. The third-order valence-corrected chi connectivity index (χ3v) is 5.37. The number of nitrogens with one attached hydrogen (secondary N) is 2. The first kappa shape index (κ1) is 19.6. The fourth-order valence-electron chi connectivity index (χ4n) is 2.63. The number of sulfonamides is 1. The van der Waals surface area contributed by atoms with Gasteiger partial charge in [-0.05, 0) is 24.3 Å². The van der Waals surface area contributed by atoms with Crippen LogP contribution in [0.3, 0.4) is 0 Å². The van der Waals surface area contributed by atoms with Crippen LogP contribution in [0.1, 0.15) is 0 Å². The molecule has 12 heteroatoms. The molecule has 0 aliphatic carbocycles. The Labute approximate surface area is 168 Å². The van der Waals surface area contributed by atoms with Crippen LogP contribution >= 0.6 is 0 Å². The molecule has 2 aromatic heterocycles. The average Bonchev–Trinajstić information content (AvgIpc) is 3.16. The van der Waals surface area contributed by atoms with Gasteiger partial charge in [0.2, 0.25) is 0 Å². The van der Waals surface area contributed by atoms with Crippen molar-refractivity contribution in [2.75, 3.05) is 10.0 Å². The highest BCUT2D eigenvalue weighted by atomic mass is 32.2. The molecule has 2 N–H and O–H groups in total. The summed E-state index contributed by atoms with van der Waals surface area (Å²) in [6.07, 6.45) is 2.41. The van der Waals surface area contributed by atoms with E-state index in [1.807, 2.05) is 0 Å². The largest absolute Gasteiger partial charge is 0.335 e. The number of aryl methyl sites for hydroxylation is 1. The summed E-state index contributed by atoms with van der Waals surface area (Å²) in [6.45, 7) is 0. The van der Waals surface area contributed by atoms with Crippen LogP contribution in [0.25, 0.3) is 11.0 Å². The second kappa shape index (κ2) is 7.30. The van der Waals surface area contributed by atoms with Crippen molar-refractivity contribution in [1.29, 1.82) is 0 Å². The van der Waals surface area contributed by atoms with Crippen LogP contribution in [0.2, 0.25) is 0 Å². The second-order valence-electron chi connectivity index (χ2n) is 6.21. The predicted octanol–water partition coefficient (Wildman–Crippen LogP) is 3.33. The predicted molar refractivity (Wildman–Crippen MR) is 103 cm³/mol. The lowest BCUT2D eigenvalue weighted by atomic mass is 10.2. The van der Waals surface area contributed by atoms with Crippen LogP contribution in [0, 0.1) is 17.5 Å². The average molecular weight is 434 g/mol. The maximum atomic E-state index is 14.1. The molecule has 0 aliphatic rings. The molecule has 0 atom stereocenters. The van der Waals surface area contributed by atoms with Gasteiger partial charge in [0.05, 0.1) is 22.9 Å². The van der Waals surface area contributed by atoms with Crippen molar-refractivity contribution in [3.63, 3.8) is 0 Å². The Morgan fingerprint density at radius 1 is 0.933 bits per heavy atom. The Bertz CT molecular complexity index is 1370. The first-order valence-electron chi connectivity index (χ1n) is 8.43. The zero-order valence-electron chi connectivity index (χ0n) is 15.3. The Morgan fingerprint density at radius 2 is 1.60 bits per heavy atom. The Kier molecular flexibility index (Phi) is 4.78. The quantitative estimate of drug-likeness (QED) is 0.467. The molecule has 8 nitrogen and oxygen atoms in total. The van der Waals surface area contributed by atoms with Gasteiger partial charge < -0.3 is 5.32 Å². The van der Waals surface area contributed by atoms with Gasteiger partial charge in [-0.3, -0.25) is 9.40 Å². The molecule has 0 spiro atoms. The molecule has 30 heavy (non-hydrogen) atoms. The van der Waals surface area contributed by atoms with Crippen LogP contribution in [-0.4, -0.2) is 28.2 Å². The van der Waals surface area contributed by atoms with Crippen LogP contribution < -0.4 is 10.0 Å². The summed E-state index contributed by atoms with van der Waals surface area (Å²) in [4.78, 5) is 8.33. The standard InChI is InChI=1S/C18H13F3N6O2S/c1-27-9-10(8-22-27)30(28,29)26-18-17(23-12-4-2-3-5-13(12)24-18)25-14-7-6-11(19)15(20)16(14)21/h2-9H,1H3,(H,23,25)(H,24,26). The summed E-state index contributed by atoms with van der Waals surface area (Å²) >= 11 is 0. The van der Waals surface area contributed by atoms with Gasteiger partial charge in [0.25, 0.3) is 10.0 Å². The van der Waals surface area contributed by atoms with Gasteiger partial charge in [-0.2, -0.15) is 5.10 Å². The second-order valence-corrected chi connectivity index (χ2v) is 7.90. The van der Waals surface area contributed by atoms with Gasteiger partial charge in [-0.15, -0.1) is 0 Å². The van der Waals surface area contributed by atoms with Crippen molar-refractivity contribution in [2.45, 2.75) is 4.90 Å². The minimum absolute atomic E-state index is 0.134. The Balaban J connectivity index is 1.81. The fraction of sp³-hybridized carbons (Fsp3) is 0.0556. The molecule has 0 saturated carbocycles. The third-order valence-electron chi connectivity index (χ3n) is 4.08. The summed E-state index contributed by atoms with van der Waals surface area (Å²) in [5.74, 6) is -4.98. The molecule has 0 unspecified atom stereocenters. The van der Waals surface area contributed by atoms with E-state index in [-0.39, 0.29) is 16.5 Å². The van der Waals surface area contributed by atoms with Crippen molar-refractivity contribution in [3.05, 3.63) is 66.2 Å². The lowest BCUT2D eigenvalue weighted by Crippen LogP contribution is -2.16. The highest BCUT2D eigenvalue weighted by Gasteiger charge is 2.22. The maximum Gasteiger partial charge on any atom is 0.266 e. The van der Waals surface area contributed by atoms with Crippen molar-refractivity contribution in [2.24, 2.45) is 7.05 Å².